The Hall–Kier alpha value is -1.48. The molecule has 1 aliphatic rings. The first kappa shape index (κ1) is 9.09. The summed E-state index contributed by atoms with van der Waals surface area (Å²) in [5.74, 6) is -0.00608. The van der Waals surface area contributed by atoms with Gasteiger partial charge in [-0.2, -0.15) is 0 Å². The number of anilines is 1. The Morgan fingerprint density at radius 3 is 2.50 bits per heavy atom. The molecule has 0 bridgehead atoms. The summed E-state index contributed by atoms with van der Waals surface area (Å²) in [7, 11) is 0. The molecule has 1 aliphatic heterocycles. The molecule has 2 rings (SSSR count). The van der Waals surface area contributed by atoms with E-state index >= 15 is 0 Å². The number of rotatable bonds is 2. The molecule has 1 aromatic rings. The SMILES string of the molecule is C=C1SC(Nc2ccccc2)=CC1=O. The minimum absolute atomic E-state index is 0.00608. The van der Waals surface area contributed by atoms with Gasteiger partial charge in [0.15, 0.2) is 5.78 Å². The maximum absolute atomic E-state index is 11.1. The van der Waals surface area contributed by atoms with Crippen molar-refractivity contribution in [1.29, 1.82) is 0 Å². The van der Waals surface area contributed by atoms with E-state index in [4.69, 9.17) is 0 Å². The maximum atomic E-state index is 11.1. The van der Waals surface area contributed by atoms with Crippen molar-refractivity contribution in [2.75, 3.05) is 5.32 Å². The number of thioether (sulfide) groups is 1. The van der Waals surface area contributed by atoms with Crippen LogP contribution in [0.5, 0.6) is 0 Å². The van der Waals surface area contributed by atoms with Crippen LogP contribution in [0.15, 0.2) is 52.9 Å². The lowest BCUT2D eigenvalue weighted by molar-refractivity contribution is -0.110. The van der Waals surface area contributed by atoms with Crippen LogP contribution in [0.4, 0.5) is 5.69 Å². The lowest BCUT2D eigenvalue weighted by atomic mass is 10.3. The van der Waals surface area contributed by atoms with Gasteiger partial charge in [-0.15, -0.1) is 0 Å². The molecule has 0 unspecified atom stereocenters. The van der Waals surface area contributed by atoms with E-state index in [1.54, 1.807) is 6.08 Å². The summed E-state index contributed by atoms with van der Waals surface area (Å²) in [6, 6.07) is 9.74. The van der Waals surface area contributed by atoms with Gasteiger partial charge >= 0.3 is 0 Å². The highest BCUT2D eigenvalue weighted by molar-refractivity contribution is 8.08. The number of hydrogen-bond acceptors (Lipinski definition) is 3. The fraction of sp³-hybridized carbons (Fsp3) is 0. The van der Waals surface area contributed by atoms with Crippen molar-refractivity contribution in [3.05, 3.63) is 52.9 Å². The Balaban J connectivity index is 2.11. The molecule has 0 saturated carbocycles. The predicted octanol–water partition coefficient (Wildman–Crippen LogP) is 2.77. The summed E-state index contributed by atoms with van der Waals surface area (Å²) in [5.41, 5.74) is 0.980. The topological polar surface area (TPSA) is 29.1 Å². The number of carbonyl (C=O) groups is 1. The number of ketones is 1. The van der Waals surface area contributed by atoms with Crippen LogP contribution in [0.3, 0.4) is 0 Å². The molecule has 2 nitrogen and oxygen atoms in total. The van der Waals surface area contributed by atoms with E-state index in [-0.39, 0.29) is 5.78 Å². The molecule has 0 spiro atoms. The number of allylic oxidation sites excluding steroid dienone is 2. The molecule has 0 aliphatic carbocycles. The van der Waals surface area contributed by atoms with Gasteiger partial charge in [0.25, 0.3) is 0 Å². The van der Waals surface area contributed by atoms with E-state index in [9.17, 15) is 4.79 Å². The standard InChI is InChI=1S/C11H9NOS/c1-8-10(13)7-11(14-8)12-9-5-3-2-4-6-9/h2-7,12H,1H2. The molecule has 1 heterocycles. The van der Waals surface area contributed by atoms with Crippen LogP contribution in [-0.4, -0.2) is 5.78 Å². The van der Waals surface area contributed by atoms with Gasteiger partial charge in [-0.3, -0.25) is 4.79 Å². The van der Waals surface area contributed by atoms with Gasteiger partial charge in [-0.25, -0.2) is 0 Å². The Bertz CT molecular complexity index is 409. The summed E-state index contributed by atoms with van der Waals surface area (Å²) in [4.78, 5) is 11.7. The van der Waals surface area contributed by atoms with Crippen molar-refractivity contribution < 1.29 is 4.79 Å². The number of benzene rings is 1. The largest absolute Gasteiger partial charge is 0.350 e. The third-order valence-corrected chi connectivity index (χ3v) is 2.70. The van der Waals surface area contributed by atoms with Gasteiger partial charge in [-0.1, -0.05) is 36.5 Å². The second kappa shape index (κ2) is 3.72. The van der Waals surface area contributed by atoms with Crippen molar-refractivity contribution in [1.82, 2.24) is 0 Å². The number of para-hydroxylation sites is 1. The average Bonchev–Trinajstić information content (AvgIpc) is 2.47. The molecule has 0 fully saturated rings. The zero-order valence-electron chi connectivity index (χ0n) is 7.49. The summed E-state index contributed by atoms with van der Waals surface area (Å²) >= 11 is 1.37. The van der Waals surface area contributed by atoms with Crippen molar-refractivity contribution in [3.8, 4) is 0 Å². The highest BCUT2D eigenvalue weighted by Crippen LogP contribution is 2.32. The number of hydrogen-bond donors (Lipinski definition) is 1. The number of nitrogens with one attached hydrogen (secondary N) is 1. The van der Waals surface area contributed by atoms with E-state index in [1.807, 2.05) is 30.3 Å². The van der Waals surface area contributed by atoms with Gasteiger partial charge in [0.05, 0.1) is 9.93 Å². The van der Waals surface area contributed by atoms with Gasteiger partial charge in [0.2, 0.25) is 0 Å². The highest BCUT2D eigenvalue weighted by atomic mass is 32.2. The minimum Gasteiger partial charge on any atom is -0.350 e. The van der Waals surface area contributed by atoms with E-state index in [0.29, 0.717) is 4.91 Å². The molecule has 0 saturated heterocycles. The second-order valence-electron chi connectivity index (χ2n) is 2.89. The predicted molar refractivity (Wildman–Crippen MR) is 59.9 cm³/mol. The van der Waals surface area contributed by atoms with Crippen molar-refractivity contribution in [3.63, 3.8) is 0 Å². The van der Waals surface area contributed by atoms with Crippen LogP contribution in [-0.2, 0) is 4.79 Å². The lowest BCUT2D eigenvalue weighted by Gasteiger charge is -2.04. The molecule has 70 valence electrons. The molecule has 0 atom stereocenters. The van der Waals surface area contributed by atoms with Gasteiger partial charge in [0, 0.05) is 11.8 Å². The average molecular weight is 203 g/mol. The summed E-state index contributed by atoms with van der Waals surface area (Å²) in [6.07, 6.45) is 1.57. The molecule has 1 N–H and O–H groups in total. The quantitative estimate of drug-likeness (QED) is 0.749. The first-order valence-corrected chi connectivity index (χ1v) is 5.02. The zero-order valence-corrected chi connectivity index (χ0v) is 8.30. The monoisotopic (exact) mass is 203 g/mol. The van der Waals surface area contributed by atoms with Crippen LogP contribution in [0.2, 0.25) is 0 Å². The van der Waals surface area contributed by atoms with Crippen molar-refractivity contribution in [2.45, 2.75) is 0 Å². The van der Waals surface area contributed by atoms with Gasteiger partial charge in [0.1, 0.15) is 0 Å². The van der Waals surface area contributed by atoms with E-state index in [0.717, 1.165) is 10.7 Å². The van der Waals surface area contributed by atoms with E-state index in [2.05, 4.69) is 11.9 Å². The fourth-order valence-corrected chi connectivity index (χ4v) is 1.90. The normalized spacial score (nSPS) is 15.6. The van der Waals surface area contributed by atoms with E-state index < -0.39 is 0 Å². The third kappa shape index (κ3) is 1.88. The first-order valence-electron chi connectivity index (χ1n) is 4.20. The Morgan fingerprint density at radius 2 is 1.93 bits per heavy atom. The lowest BCUT2D eigenvalue weighted by Crippen LogP contribution is -1.92. The Labute approximate surface area is 86.7 Å². The number of carbonyl (C=O) groups excluding carboxylic acids is 1. The molecule has 14 heavy (non-hydrogen) atoms. The minimum atomic E-state index is -0.00608. The molecule has 0 amide bonds. The fourth-order valence-electron chi connectivity index (χ4n) is 1.14. The smallest absolute Gasteiger partial charge is 0.194 e. The molecule has 0 radical (unpaired) electrons. The molecular weight excluding hydrogens is 194 g/mol. The van der Waals surface area contributed by atoms with E-state index in [1.165, 1.54) is 11.8 Å². The third-order valence-electron chi connectivity index (χ3n) is 1.81. The van der Waals surface area contributed by atoms with Crippen LogP contribution in [0.1, 0.15) is 0 Å². The zero-order chi connectivity index (χ0) is 9.97. The first-order chi connectivity index (χ1) is 6.75. The van der Waals surface area contributed by atoms with Crippen LogP contribution in [0.25, 0.3) is 0 Å². The van der Waals surface area contributed by atoms with Crippen LogP contribution < -0.4 is 5.32 Å². The van der Waals surface area contributed by atoms with Crippen molar-refractivity contribution >= 4 is 23.2 Å². The highest BCUT2D eigenvalue weighted by Gasteiger charge is 2.17. The van der Waals surface area contributed by atoms with Crippen LogP contribution >= 0.6 is 11.8 Å². The maximum Gasteiger partial charge on any atom is 0.194 e. The summed E-state index contributed by atoms with van der Waals surface area (Å²) < 4.78 is 0. The molecule has 1 aromatic carbocycles. The molecule has 0 aromatic heterocycles. The summed E-state index contributed by atoms with van der Waals surface area (Å²) in [5, 5.41) is 3.98. The molecule has 3 heteroatoms. The van der Waals surface area contributed by atoms with Crippen LogP contribution in [0, 0.1) is 0 Å². The Kier molecular flexibility index (Phi) is 2.41. The second-order valence-corrected chi connectivity index (χ2v) is 4.03. The van der Waals surface area contributed by atoms with Gasteiger partial charge < -0.3 is 5.32 Å². The molecular formula is C11H9NOS. The van der Waals surface area contributed by atoms with Gasteiger partial charge in [-0.05, 0) is 12.1 Å². The summed E-state index contributed by atoms with van der Waals surface area (Å²) in [6.45, 7) is 3.65. The Morgan fingerprint density at radius 1 is 1.21 bits per heavy atom. The van der Waals surface area contributed by atoms with Crippen molar-refractivity contribution in [2.24, 2.45) is 0 Å².